The molecule has 2 aromatic heterocycles. The van der Waals surface area contributed by atoms with Gasteiger partial charge in [-0.3, -0.25) is 4.40 Å². The zero-order chi connectivity index (χ0) is 11.7. The Morgan fingerprint density at radius 2 is 2.29 bits per heavy atom. The maximum absolute atomic E-state index is 5.81. The van der Waals surface area contributed by atoms with Gasteiger partial charge in [-0.25, -0.2) is 0 Å². The Labute approximate surface area is 105 Å². The predicted octanol–water partition coefficient (Wildman–Crippen LogP) is 1.95. The number of thioether (sulfide) groups is 1. The molecular formula is C12H16N4S. The summed E-state index contributed by atoms with van der Waals surface area (Å²) in [5, 5.41) is 10.0. The Bertz CT molecular complexity index is 510. The molecule has 0 radical (unpaired) electrons. The summed E-state index contributed by atoms with van der Waals surface area (Å²) in [4.78, 5) is 0. The maximum Gasteiger partial charge on any atom is 0.195 e. The third-order valence-electron chi connectivity index (χ3n) is 3.43. The molecule has 0 amide bonds. The largest absolute Gasteiger partial charge is 0.330 e. The van der Waals surface area contributed by atoms with Gasteiger partial charge < -0.3 is 5.73 Å². The smallest absolute Gasteiger partial charge is 0.195 e. The van der Waals surface area contributed by atoms with Gasteiger partial charge in [-0.15, -0.1) is 10.2 Å². The van der Waals surface area contributed by atoms with Gasteiger partial charge in [0.15, 0.2) is 10.8 Å². The summed E-state index contributed by atoms with van der Waals surface area (Å²) in [6.45, 7) is 0.786. The Hall–Kier alpha value is -1.07. The molecule has 2 aromatic rings. The van der Waals surface area contributed by atoms with E-state index in [1.165, 1.54) is 19.3 Å². The van der Waals surface area contributed by atoms with Crippen molar-refractivity contribution in [1.29, 1.82) is 0 Å². The highest BCUT2D eigenvalue weighted by Gasteiger charge is 2.28. The summed E-state index contributed by atoms with van der Waals surface area (Å²) < 4.78 is 2.05. The van der Waals surface area contributed by atoms with Gasteiger partial charge in [0, 0.05) is 11.4 Å². The van der Waals surface area contributed by atoms with Crippen LogP contribution in [0, 0.1) is 5.92 Å². The molecule has 0 bridgehead atoms. The second kappa shape index (κ2) is 4.66. The minimum Gasteiger partial charge on any atom is -0.330 e. The number of rotatable bonds is 3. The van der Waals surface area contributed by atoms with E-state index in [1.54, 1.807) is 0 Å². The molecule has 3 rings (SSSR count). The van der Waals surface area contributed by atoms with Crippen LogP contribution >= 0.6 is 11.8 Å². The second-order valence-corrected chi connectivity index (χ2v) is 5.70. The van der Waals surface area contributed by atoms with Crippen LogP contribution in [-0.2, 0) is 0 Å². The van der Waals surface area contributed by atoms with Crippen molar-refractivity contribution in [2.24, 2.45) is 11.7 Å². The Kier molecular flexibility index (Phi) is 3.03. The first-order valence-electron chi connectivity index (χ1n) is 6.05. The van der Waals surface area contributed by atoms with Crippen LogP contribution in [0.25, 0.3) is 5.65 Å². The van der Waals surface area contributed by atoms with Gasteiger partial charge >= 0.3 is 0 Å². The Morgan fingerprint density at radius 1 is 1.35 bits per heavy atom. The highest BCUT2D eigenvalue weighted by molar-refractivity contribution is 7.99. The molecule has 2 N–H and O–H groups in total. The van der Waals surface area contributed by atoms with Crippen molar-refractivity contribution in [1.82, 2.24) is 14.6 Å². The molecule has 90 valence electrons. The van der Waals surface area contributed by atoms with E-state index in [1.807, 2.05) is 36.2 Å². The molecule has 1 saturated carbocycles. The average Bonchev–Trinajstić information content (AvgIpc) is 2.97. The third kappa shape index (κ3) is 2.05. The Morgan fingerprint density at radius 3 is 3.18 bits per heavy atom. The molecule has 2 atom stereocenters. The summed E-state index contributed by atoms with van der Waals surface area (Å²) in [6, 6.07) is 5.97. The van der Waals surface area contributed by atoms with E-state index < -0.39 is 0 Å². The van der Waals surface area contributed by atoms with Gasteiger partial charge in [-0.1, -0.05) is 24.2 Å². The number of hydrogen-bond acceptors (Lipinski definition) is 4. The molecule has 0 spiro atoms. The number of nitrogens with two attached hydrogens (primary N) is 1. The van der Waals surface area contributed by atoms with Gasteiger partial charge in [-0.2, -0.15) is 0 Å². The highest BCUT2D eigenvalue weighted by atomic mass is 32.2. The lowest BCUT2D eigenvalue weighted by molar-refractivity contribution is 0.572. The normalized spacial score (nSPS) is 24.5. The van der Waals surface area contributed by atoms with Crippen LogP contribution < -0.4 is 5.73 Å². The summed E-state index contributed by atoms with van der Waals surface area (Å²) in [7, 11) is 0. The first-order valence-corrected chi connectivity index (χ1v) is 6.93. The highest BCUT2D eigenvalue weighted by Crippen LogP contribution is 2.37. The summed E-state index contributed by atoms with van der Waals surface area (Å²) >= 11 is 1.83. The van der Waals surface area contributed by atoms with E-state index >= 15 is 0 Å². The zero-order valence-electron chi connectivity index (χ0n) is 9.62. The molecule has 0 aliphatic heterocycles. The van der Waals surface area contributed by atoms with Crippen LogP contribution in [-0.4, -0.2) is 26.4 Å². The van der Waals surface area contributed by atoms with Gasteiger partial charge in [0.25, 0.3) is 0 Å². The maximum atomic E-state index is 5.81. The number of fused-ring (bicyclic) bond motifs is 1. The summed E-state index contributed by atoms with van der Waals surface area (Å²) in [6.07, 6.45) is 5.81. The van der Waals surface area contributed by atoms with Crippen molar-refractivity contribution in [3.8, 4) is 0 Å². The van der Waals surface area contributed by atoms with E-state index in [9.17, 15) is 0 Å². The van der Waals surface area contributed by atoms with Crippen molar-refractivity contribution in [2.75, 3.05) is 6.54 Å². The third-order valence-corrected chi connectivity index (χ3v) is 4.84. The molecule has 0 aromatic carbocycles. The van der Waals surface area contributed by atoms with Crippen molar-refractivity contribution in [2.45, 2.75) is 29.7 Å². The van der Waals surface area contributed by atoms with Gasteiger partial charge in [0.2, 0.25) is 0 Å². The number of pyridine rings is 1. The fourth-order valence-electron chi connectivity index (χ4n) is 2.46. The van der Waals surface area contributed by atoms with E-state index in [4.69, 9.17) is 5.73 Å². The van der Waals surface area contributed by atoms with Crippen LogP contribution in [0.1, 0.15) is 19.3 Å². The minimum absolute atomic E-state index is 0.604. The molecular weight excluding hydrogens is 232 g/mol. The van der Waals surface area contributed by atoms with E-state index in [-0.39, 0.29) is 0 Å². The lowest BCUT2D eigenvalue weighted by Gasteiger charge is -2.15. The fourth-order valence-corrected chi connectivity index (χ4v) is 3.81. The second-order valence-electron chi connectivity index (χ2n) is 4.49. The van der Waals surface area contributed by atoms with Crippen LogP contribution in [0.3, 0.4) is 0 Å². The van der Waals surface area contributed by atoms with E-state index in [0.717, 1.165) is 17.3 Å². The first-order chi connectivity index (χ1) is 8.38. The lowest BCUT2D eigenvalue weighted by Crippen LogP contribution is -2.20. The van der Waals surface area contributed by atoms with Gasteiger partial charge in [0.05, 0.1) is 0 Å². The fraction of sp³-hybridized carbons (Fsp3) is 0.500. The summed E-state index contributed by atoms with van der Waals surface area (Å²) in [5.41, 5.74) is 6.72. The van der Waals surface area contributed by atoms with E-state index in [2.05, 4.69) is 14.6 Å². The molecule has 17 heavy (non-hydrogen) atoms. The predicted molar refractivity (Wildman–Crippen MR) is 69.0 cm³/mol. The molecule has 2 unspecified atom stereocenters. The number of aromatic nitrogens is 3. The van der Waals surface area contributed by atoms with Crippen LogP contribution in [0.15, 0.2) is 29.6 Å². The standard InChI is InChI=1S/C12H16N4S/c13-8-9-4-3-5-10(9)17-12-15-14-11-6-1-2-7-16(11)12/h1-2,6-7,9-10H,3-5,8,13H2. The molecule has 1 aliphatic carbocycles. The molecule has 1 aliphatic rings. The van der Waals surface area contributed by atoms with Crippen LogP contribution in [0.2, 0.25) is 0 Å². The molecule has 2 heterocycles. The van der Waals surface area contributed by atoms with Crippen LogP contribution in [0.4, 0.5) is 0 Å². The first kappa shape index (κ1) is 11.0. The number of nitrogens with zero attached hydrogens (tertiary/aromatic N) is 3. The topological polar surface area (TPSA) is 56.2 Å². The quantitative estimate of drug-likeness (QED) is 0.902. The van der Waals surface area contributed by atoms with Crippen LogP contribution in [0.5, 0.6) is 0 Å². The molecule has 1 fully saturated rings. The summed E-state index contributed by atoms with van der Waals surface area (Å²) in [5.74, 6) is 0.635. The lowest BCUT2D eigenvalue weighted by atomic mass is 10.1. The monoisotopic (exact) mass is 248 g/mol. The van der Waals surface area contributed by atoms with Crippen molar-refractivity contribution < 1.29 is 0 Å². The van der Waals surface area contributed by atoms with Crippen molar-refractivity contribution in [3.05, 3.63) is 24.4 Å². The SMILES string of the molecule is NCC1CCCC1Sc1nnc2ccccn12. The Balaban J connectivity index is 1.85. The van der Waals surface area contributed by atoms with E-state index in [0.29, 0.717) is 11.2 Å². The van der Waals surface area contributed by atoms with Crippen molar-refractivity contribution in [3.63, 3.8) is 0 Å². The minimum atomic E-state index is 0.604. The number of hydrogen-bond donors (Lipinski definition) is 1. The van der Waals surface area contributed by atoms with Crippen molar-refractivity contribution >= 4 is 17.4 Å². The molecule has 5 heteroatoms. The van der Waals surface area contributed by atoms with Gasteiger partial charge in [0.1, 0.15) is 0 Å². The zero-order valence-corrected chi connectivity index (χ0v) is 10.4. The van der Waals surface area contributed by atoms with Gasteiger partial charge in [-0.05, 0) is 37.4 Å². The average molecular weight is 248 g/mol. The molecule has 0 saturated heterocycles. The molecule has 4 nitrogen and oxygen atoms in total.